The van der Waals surface area contributed by atoms with Gasteiger partial charge in [-0.3, -0.25) is 4.79 Å². The molecule has 1 unspecified atom stereocenters. The predicted octanol–water partition coefficient (Wildman–Crippen LogP) is 2.93. The van der Waals surface area contributed by atoms with Gasteiger partial charge in [-0.05, 0) is 42.3 Å². The van der Waals surface area contributed by atoms with E-state index in [1.807, 2.05) is 31.2 Å². The largest absolute Gasteiger partial charge is 0.465 e. The number of hydrogen-bond acceptors (Lipinski definition) is 4. The summed E-state index contributed by atoms with van der Waals surface area (Å²) in [4.78, 5) is 23.9. The molecule has 0 aliphatic heterocycles. The second-order valence-corrected chi connectivity index (χ2v) is 5.58. The van der Waals surface area contributed by atoms with Gasteiger partial charge in [-0.2, -0.15) is 0 Å². The summed E-state index contributed by atoms with van der Waals surface area (Å²) in [5.41, 5.74) is 2.62. The van der Waals surface area contributed by atoms with Crippen molar-refractivity contribution in [3.05, 3.63) is 65.2 Å². The monoisotopic (exact) mass is 295 g/mol. The zero-order valence-electron chi connectivity index (χ0n) is 12.6. The summed E-state index contributed by atoms with van der Waals surface area (Å²) in [6.45, 7) is 1.90. The van der Waals surface area contributed by atoms with Crippen molar-refractivity contribution in [3.63, 3.8) is 0 Å². The Kier molecular flexibility index (Phi) is 3.45. The second kappa shape index (κ2) is 5.30. The van der Waals surface area contributed by atoms with E-state index in [2.05, 4.69) is 10.1 Å². The van der Waals surface area contributed by atoms with Gasteiger partial charge in [0.15, 0.2) is 5.78 Å². The second-order valence-electron chi connectivity index (χ2n) is 5.58. The summed E-state index contributed by atoms with van der Waals surface area (Å²) in [7, 11) is 1.35. The molecule has 0 saturated carbocycles. The molecule has 1 N–H and O–H groups in total. The molecule has 0 fully saturated rings. The van der Waals surface area contributed by atoms with Crippen LogP contribution in [0.15, 0.2) is 48.5 Å². The Morgan fingerprint density at radius 1 is 1.14 bits per heavy atom. The fourth-order valence-electron chi connectivity index (χ4n) is 2.90. The van der Waals surface area contributed by atoms with Crippen molar-refractivity contribution in [1.29, 1.82) is 0 Å². The Bertz CT molecular complexity index is 736. The third kappa shape index (κ3) is 2.26. The average Bonchev–Trinajstić information content (AvgIpc) is 2.79. The van der Waals surface area contributed by atoms with Crippen LogP contribution in [0.1, 0.15) is 28.4 Å². The molecule has 0 bridgehead atoms. The molecule has 0 aromatic heterocycles. The smallest absolute Gasteiger partial charge is 0.337 e. The summed E-state index contributed by atoms with van der Waals surface area (Å²) in [5, 5.41) is 3.31. The molecule has 0 heterocycles. The minimum atomic E-state index is -0.733. The van der Waals surface area contributed by atoms with E-state index < -0.39 is 5.54 Å². The van der Waals surface area contributed by atoms with Crippen molar-refractivity contribution < 1.29 is 14.3 Å². The Morgan fingerprint density at radius 3 is 2.50 bits per heavy atom. The number of ether oxygens (including phenoxy) is 1. The van der Waals surface area contributed by atoms with Crippen LogP contribution in [0.25, 0.3) is 0 Å². The highest BCUT2D eigenvalue weighted by Crippen LogP contribution is 2.36. The van der Waals surface area contributed by atoms with Crippen LogP contribution in [0, 0.1) is 0 Å². The molecule has 112 valence electrons. The summed E-state index contributed by atoms with van der Waals surface area (Å²) < 4.78 is 4.68. The van der Waals surface area contributed by atoms with Crippen LogP contribution in [-0.4, -0.2) is 18.9 Å². The number of carbonyl (C=O) groups is 2. The lowest BCUT2D eigenvalue weighted by atomic mass is 9.93. The van der Waals surface area contributed by atoms with Gasteiger partial charge in [0.05, 0.1) is 12.7 Å². The molecule has 2 aromatic carbocycles. The lowest BCUT2D eigenvalue weighted by molar-refractivity contribution is -0.121. The molecule has 1 aliphatic carbocycles. The van der Waals surface area contributed by atoms with Crippen molar-refractivity contribution >= 4 is 17.4 Å². The Morgan fingerprint density at radius 2 is 1.82 bits per heavy atom. The summed E-state index contributed by atoms with van der Waals surface area (Å²) in [5.74, 6) is -0.231. The van der Waals surface area contributed by atoms with Crippen LogP contribution >= 0.6 is 0 Å². The molecule has 0 spiro atoms. The molecule has 4 nitrogen and oxygen atoms in total. The van der Waals surface area contributed by atoms with Crippen LogP contribution in [-0.2, 0) is 21.5 Å². The van der Waals surface area contributed by atoms with E-state index >= 15 is 0 Å². The molecule has 1 aliphatic rings. The number of methoxy groups -OCH3 is 1. The van der Waals surface area contributed by atoms with Gasteiger partial charge < -0.3 is 10.1 Å². The summed E-state index contributed by atoms with van der Waals surface area (Å²) in [6, 6.07) is 14.8. The third-order valence-corrected chi connectivity index (χ3v) is 4.17. The molecule has 0 amide bonds. The van der Waals surface area contributed by atoms with Crippen molar-refractivity contribution in [2.45, 2.75) is 18.9 Å². The quantitative estimate of drug-likeness (QED) is 0.885. The van der Waals surface area contributed by atoms with Crippen LogP contribution in [0.4, 0.5) is 5.69 Å². The number of nitrogens with one attached hydrogen (secondary N) is 1. The first-order valence-electron chi connectivity index (χ1n) is 7.13. The summed E-state index contributed by atoms with van der Waals surface area (Å²) in [6.07, 6.45) is 0.444. The maximum atomic E-state index is 12.4. The number of benzene rings is 2. The molecule has 3 rings (SSSR count). The highest BCUT2D eigenvalue weighted by molar-refractivity contribution is 5.98. The first kappa shape index (κ1) is 14.3. The van der Waals surface area contributed by atoms with Gasteiger partial charge in [0.2, 0.25) is 0 Å². The molecule has 1 atom stereocenters. The zero-order valence-corrected chi connectivity index (χ0v) is 12.6. The fourth-order valence-corrected chi connectivity index (χ4v) is 2.90. The van der Waals surface area contributed by atoms with Gasteiger partial charge in [0, 0.05) is 12.1 Å². The number of Topliss-reactive ketones (excluding diaryl/α,β-unsaturated/α-hetero) is 1. The number of ketones is 1. The van der Waals surface area contributed by atoms with Crippen LogP contribution in [0.2, 0.25) is 0 Å². The predicted molar refractivity (Wildman–Crippen MR) is 83.9 cm³/mol. The number of esters is 1. The number of rotatable bonds is 3. The number of anilines is 1. The Balaban J connectivity index is 1.89. The summed E-state index contributed by atoms with van der Waals surface area (Å²) >= 11 is 0. The van der Waals surface area contributed by atoms with Crippen LogP contribution in [0.5, 0.6) is 0 Å². The number of fused-ring (bicyclic) bond motifs is 1. The van der Waals surface area contributed by atoms with Crippen molar-refractivity contribution in [3.8, 4) is 0 Å². The normalized spacial score (nSPS) is 19.6. The van der Waals surface area contributed by atoms with Crippen LogP contribution in [0.3, 0.4) is 0 Å². The van der Waals surface area contributed by atoms with Gasteiger partial charge in [-0.15, -0.1) is 0 Å². The molecule has 0 radical (unpaired) electrons. The van der Waals surface area contributed by atoms with Gasteiger partial charge >= 0.3 is 5.97 Å². The van der Waals surface area contributed by atoms with Crippen molar-refractivity contribution in [1.82, 2.24) is 0 Å². The van der Waals surface area contributed by atoms with Gasteiger partial charge in [0.1, 0.15) is 5.54 Å². The zero-order chi connectivity index (χ0) is 15.7. The Labute approximate surface area is 129 Å². The first-order valence-corrected chi connectivity index (χ1v) is 7.13. The topological polar surface area (TPSA) is 55.4 Å². The lowest BCUT2D eigenvalue weighted by Gasteiger charge is -2.27. The number of hydrogen-bond donors (Lipinski definition) is 1. The van der Waals surface area contributed by atoms with Gasteiger partial charge in [0.25, 0.3) is 0 Å². The van der Waals surface area contributed by atoms with E-state index in [-0.39, 0.29) is 11.8 Å². The fraction of sp³-hybridized carbons (Fsp3) is 0.222. The Hall–Kier alpha value is -2.62. The highest BCUT2D eigenvalue weighted by atomic mass is 16.5. The van der Waals surface area contributed by atoms with E-state index in [4.69, 9.17) is 0 Å². The molecular formula is C18H17NO3. The van der Waals surface area contributed by atoms with E-state index in [0.717, 1.165) is 16.8 Å². The third-order valence-electron chi connectivity index (χ3n) is 4.17. The molecule has 4 heteroatoms. The van der Waals surface area contributed by atoms with Gasteiger partial charge in [-0.1, -0.05) is 24.3 Å². The van der Waals surface area contributed by atoms with Gasteiger partial charge in [-0.25, -0.2) is 4.79 Å². The molecule has 0 saturated heterocycles. The molecular weight excluding hydrogens is 278 g/mol. The molecule has 2 aromatic rings. The maximum absolute atomic E-state index is 12.4. The maximum Gasteiger partial charge on any atom is 0.337 e. The van der Waals surface area contributed by atoms with Crippen molar-refractivity contribution in [2.75, 3.05) is 12.4 Å². The lowest BCUT2D eigenvalue weighted by Crippen LogP contribution is -2.37. The minimum Gasteiger partial charge on any atom is -0.465 e. The average molecular weight is 295 g/mol. The van der Waals surface area contributed by atoms with Crippen molar-refractivity contribution in [2.24, 2.45) is 0 Å². The van der Waals surface area contributed by atoms with Crippen LogP contribution < -0.4 is 5.32 Å². The molecule has 22 heavy (non-hydrogen) atoms. The SMILES string of the molecule is COC(=O)c1ccc(NC2(C)C(=O)Cc3ccccc32)cc1. The standard InChI is InChI=1S/C18H17NO3/c1-18(15-6-4-3-5-13(15)11-16(18)20)19-14-9-7-12(8-10-14)17(21)22-2/h3-10,19H,11H2,1-2H3. The van der Waals surface area contributed by atoms with E-state index in [9.17, 15) is 9.59 Å². The van der Waals surface area contributed by atoms with E-state index in [0.29, 0.717) is 12.0 Å². The first-order chi connectivity index (χ1) is 10.5. The minimum absolute atomic E-state index is 0.144. The van der Waals surface area contributed by atoms with E-state index in [1.165, 1.54) is 7.11 Å². The highest BCUT2D eigenvalue weighted by Gasteiger charge is 2.41. The van der Waals surface area contributed by atoms with E-state index in [1.54, 1.807) is 24.3 Å². The number of carbonyl (C=O) groups excluding carboxylic acids is 2.